The van der Waals surface area contributed by atoms with Crippen molar-refractivity contribution in [3.05, 3.63) is 65.2 Å². The Labute approximate surface area is 204 Å². The van der Waals surface area contributed by atoms with Crippen molar-refractivity contribution in [3.8, 4) is 5.75 Å². The fraction of sp³-hybridized carbons (Fsp3) is 0.517. The zero-order valence-corrected chi connectivity index (χ0v) is 21.4. The van der Waals surface area contributed by atoms with Gasteiger partial charge < -0.3 is 15.0 Å². The Morgan fingerprint density at radius 1 is 1.06 bits per heavy atom. The van der Waals surface area contributed by atoms with Gasteiger partial charge in [0.2, 0.25) is 5.91 Å². The van der Waals surface area contributed by atoms with Crippen molar-refractivity contribution in [3.63, 3.8) is 0 Å². The summed E-state index contributed by atoms with van der Waals surface area (Å²) in [5.74, 6) is 0.406. The smallest absolute Gasteiger partial charge is 0.261 e. The Bertz CT molecular complexity index is 956. The van der Waals surface area contributed by atoms with E-state index in [9.17, 15) is 9.59 Å². The monoisotopic (exact) mass is 464 g/mol. The highest BCUT2D eigenvalue weighted by Crippen LogP contribution is 2.25. The van der Waals surface area contributed by atoms with Gasteiger partial charge in [-0.05, 0) is 60.4 Å². The van der Waals surface area contributed by atoms with E-state index in [1.807, 2.05) is 62.4 Å². The van der Waals surface area contributed by atoms with E-state index < -0.39 is 6.04 Å². The maximum absolute atomic E-state index is 13.4. The van der Waals surface area contributed by atoms with Crippen LogP contribution in [0.4, 0.5) is 0 Å². The van der Waals surface area contributed by atoms with Gasteiger partial charge in [-0.1, -0.05) is 76.9 Å². The molecule has 1 aliphatic rings. The maximum Gasteiger partial charge on any atom is 0.261 e. The van der Waals surface area contributed by atoms with E-state index in [0.29, 0.717) is 18.7 Å². The van der Waals surface area contributed by atoms with Crippen molar-refractivity contribution in [1.82, 2.24) is 10.2 Å². The summed E-state index contributed by atoms with van der Waals surface area (Å²) in [7, 11) is 0. The lowest BCUT2D eigenvalue weighted by Crippen LogP contribution is -2.52. The van der Waals surface area contributed by atoms with Gasteiger partial charge in [-0.3, -0.25) is 9.59 Å². The molecule has 0 aliphatic heterocycles. The molecule has 2 aromatic rings. The molecule has 0 saturated heterocycles. The summed E-state index contributed by atoms with van der Waals surface area (Å²) in [4.78, 5) is 28.3. The number of carbonyl (C=O) groups excluding carboxylic acids is 2. The van der Waals surface area contributed by atoms with Crippen molar-refractivity contribution in [2.75, 3.05) is 6.61 Å². The SMILES string of the molecule is CC[C@@H](C(=O)NC1CCCC1)N(Cc1ccccc1C)C(=O)COc1ccc(C(C)(C)C)cc1. The molecule has 0 spiro atoms. The number of rotatable bonds is 9. The third-order valence-electron chi connectivity index (χ3n) is 6.77. The second-order valence-electron chi connectivity index (χ2n) is 10.4. The third-order valence-corrected chi connectivity index (χ3v) is 6.77. The fourth-order valence-electron chi connectivity index (χ4n) is 4.54. The molecule has 1 saturated carbocycles. The van der Waals surface area contributed by atoms with Crippen LogP contribution in [0.1, 0.15) is 76.5 Å². The highest BCUT2D eigenvalue weighted by Gasteiger charge is 2.31. The molecule has 34 heavy (non-hydrogen) atoms. The lowest BCUT2D eigenvalue weighted by Gasteiger charge is -2.32. The number of benzene rings is 2. The molecular weight excluding hydrogens is 424 g/mol. The topological polar surface area (TPSA) is 58.6 Å². The Kier molecular flexibility index (Phi) is 8.76. The summed E-state index contributed by atoms with van der Waals surface area (Å²) in [5, 5.41) is 3.19. The Hall–Kier alpha value is -2.82. The minimum atomic E-state index is -0.528. The molecule has 5 nitrogen and oxygen atoms in total. The summed E-state index contributed by atoms with van der Waals surface area (Å²) < 4.78 is 5.87. The van der Waals surface area contributed by atoms with E-state index in [0.717, 1.165) is 36.8 Å². The van der Waals surface area contributed by atoms with Crippen molar-refractivity contribution in [1.29, 1.82) is 0 Å². The average molecular weight is 465 g/mol. The minimum absolute atomic E-state index is 0.0553. The van der Waals surface area contributed by atoms with Gasteiger partial charge in [0.15, 0.2) is 6.61 Å². The van der Waals surface area contributed by atoms with Gasteiger partial charge in [0.25, 0.3) is 5.91 Å². The molecule has 2 amide bonds. The first kappa shape index (κ1) is 25.8. The summed E-state index contributed by atoms with van der Waals surface area (Å²) in [6.45, 7) is 10.8. The van der Waals surface area contributed by atoms with E-state index >= 15 is 0 Å². The molecular formula is C29H40N2O3. The molecule has 0 heterocycles. The van der Waals surface area contributed by atoms with Crippen LogP contribution in [0, 0.1) is 6.92 Å². The first-order chi connectivity index (χ1) is 16.2. The molecule has 1 atom stereocenters. The lowest BCUT2D eigenvalue weighted by molar-refractivity contribution is -0.143. The highest BCUT2D eigenvalue weighted by atomic mass is 16.5. The molecule has 184 valence electrons. The van der Waals surface area contributed by atoms with Gasteiger partial charge in [0.05, 0.1) is 0 Å². The van der Waals surface area contributed by atoms with Crippen molar-refractivity contribution < 1.29 is 14.3 Å². The predicted molar refractivity (Wildman–Crippen MR) is 137 cm³/mol. The summed E-state index contributed by atoms with van der Waals surface area (Å²) in [6.07, 6.45) is 4.88. The molecule has 1 fully saturated rings. The maximum atomic E-state index is 13.4. The van der Waals surface area contributed by atoms with Crippen LogP contribution in [0.5, 0.6) is 5.75 Å². The first-order valence-corrected chi connectivity index (χ1v) is 12.6. The van der Waals surface area contributed by atoms with Gasteiger partial charge >= 0.3 is 0 Å². The molecule has 3 rings (SSSR count). The van der Waals surface area contributed by atoms with E-state index in [4.69, 9.17) is 4.74 Å². The number of nitrogens with zero attached hydrogens (tertiary/aromatic N) is 1. The van der Waals surface area contributed by atoms with E-state index in [1.54, 1.807) is 4.90 Å². The Morgan fingerprint density at radius 3 is 2.29 bits per heavy atom. The fourth-order valence-corrected chi connectivity index (χ4v) is 4.54. The van der Waals surface area contributed by atoms with Crippen LogP contribution in [0.3, 0.4) is 0 Å². The molecule has 1 N–H and O–H groups in total. The second kappa shape index (κ2) is 11.5. The lowest BCUT2D eigenvalue weighted by atomic mass is 9.87. The van der Waals surface area contributed by atoms with Crippen LogP contribution in [-0.4, -0.2) is 35.4 Å². The van der Waals surface area contributed by atoms with Crippen molar-refractivity contribution in [2.24, 2.45) is 0 Å². The summed E-state index contributed by atoms with van der Waals surface area (Å²) >= 11 is 0. The molecule has 5 heteroatoms. The standard InChI is InChI=1S/C29H40N2O3/c1-6-26(28(33)30-24-13-9-10-14-24)31(19-22-12-8-7-11-21(22)2)27(32)20-34-25-17-15-23(16-18-25)29(3,4)5/h7-8,11-12,15-18,24,26H,6,9-10,13-14,19-20H2,1-5H3,(H,30,33)/t26-/m0/s1. The number of aryl methyl sites for hydroxylation is 1. The van der Waals surface area contributed by atoms with Crippen LogP contribution in [-0.2, 0) is 21.5 Å². The quantitative estimate of drug-likeness (QED) is 0.530. The minimum Gasteiger partial charge on any atom is -0.484 e. The van der Waals surface area contributed by atoms with Crippen molar-refractivity contribution in [2.45, 2.75) is 90.8 Å². The summed E-state index contributed by atoms with van der Waals surface area (Å²) in [6, 6.07) is 15.6. The van der Waals surface area contributed by atoms with E-state index in [1.165, 1.54) is 5.56 Å². The van der Waals surface area contributed by atoms with E-state index in [2.05, 4.69) is 26.1 Å². The molecule has 0 unspecified atom stereocenters. The van der Waals surface area contributed by atoms with Gasteiger partial charge in [0, 0.05) is 12.6 Å². The van der Waals surface area contributed by atoms with E-state index in [-0.39, 0.29) is 29.9 Å². The number of carbonyl (C=O) groups is 2. The predicted octanol–water partition coefficient (Wildman–Crippen LogP) is 5.54. The normalized spacial score (nSPS) is 15.1. The van der Waals surface area contributed by atoms with Crippen LogP contribution in [0.2, 0.25) is 0 Å². The van der Waals surface area contributed by atoms with Crippen LogP contribution < -0.4 is 10.1 Å². The largest absolute Gasteiger partial charge is 0.484 e. The molecule has 0 bridgehead atoms. The molecule has 1 aliphatic carbocycles. The van der Waals surface area contributed by atoms with Gasteiger partial charge in [-0.2, -0.15) is 0 Å². The average Bonchev–Trinajstić information content (AvgIpc) is 3.31. The first-order valence-electron chi connectivity index (χ1n) is 12.6. The number of nitrogens with one attached hydrogen (secondary N) is 1. The van der Waals surface area contributed by atoms with Crippen LogP contribution in [0.25, 0.3) is 0 Å². The van der Waals surface area contributed by atoms with Crippen LogP contribution >= 0.6 is 0 Å². The van der Waals surface area contributed by atoms with Gasteiger partial charge in [-0.25, -0.2) is 0 Å². The summed E-state index contributed by atoms with van der Waals surface area (Å²) in [5.41, 5.74) is 3.41. The molecule has 0 radical (unpaired) electrons. The number of hydrogen-bond acceptors (Lipinski definition) is 3. The van der Waals surface area contributed by atoms with Crippen molar-refractivity contribution >= 4 is 11.8 Å². The zero-order chi connectivity index (χ0) is 24.7. The van der Waals surface area contributed by atoms with Gasteiger partial charge in [0.1, 0.15) is 11.8 Å². The Morgan fingerprint density at radius 2 is 1.71 bits per heavy atom. The van der Waals surface area contributed by atoms with Crippen LogP contribution in [0.15, 0.2) is 48.5 Å². The number of ether oxygens (including phenoxy) is 1. The Balaban J connectivity index is 1.75. The second-order valence-corrected chi connectivity index (χ2v) is 10.4. The number of hydrogen-bond donors (Lipinski definition) is 1. The molecule has 2 aromatic carbocycles. The van der Waals surface area contributed by atoms with Gasteiger partial charge in [-0.15, -0.1) is 0 Å². The highest BCUT2D eigenvalue weighted by molar-refractivity contribution is 5.88. The third kappa shape index (κ3) is 6.85. The number of amides is 2. The zero-order valence-electron chi connectivity index (χ0n) is 21.4. The molecule has 0 aromatic heterocycles.